The summed E-state index contributed by atoms with van der Waals surface area (Å²) in [5, 5.41) is 12.0. The Labute approximate surface area is 160 Å². The third-order valence-electron chi connectivity index (χ3n) is 4.70. The van der Waals surface area contributed by atoms with E-state index in [-0.39, 0.29) is 11.8 Å². The number of carbonyl (C=O) groups is 1. The van der Waals surface area contributed by atoms with E-state index < -0.39 is 0 Å². The Hall–Kier alpha value is -2.02. The van der Waals surface area contributed by atoms with Crippen LogP contribution in [0.4, 0.5) is 11.4 Å². The highest BCUT2D eigenvalue weighted by Crippen LogP contribution is 2.36. The first kappa shape index (κ1) is 18.8. The predicted molar refractivity (Wildman–Crippen MR) is 108 cm³/mol. The Bertz CT molecular complexity index is 802. The van der Waals surface area contributed by atoms with Crippen molar-refractivity contribution in [2.24, 2.45) is 13.0 Å². The lowest BCUT2D eigenvalue weighted by atomic mass is 10.1. The number of hydrogen-bond acceptors (Lipinski definition) is 5. The van der Waals surface area contributed by atoms with Gasteiger partial charge in [-0.2, -0.15) is 0 Å². The van der Waals surface area contributed by atoms with Gasteiger partial charge >= 0.3 is 0 Å². The van der Waals surface area contributed by atoms with Gasteiger partial charge in [0.25, 0.3) is 0 Å². The molecule has 7 heteroatoms. The summed E-state index contributed by atoms with van der Waals surface area (Å²) in [6, 6.07) is 6.58. The van der Waals surface area contributed by atoms with Gasteiger partial charge in [-0.1, -0.05) is 0 Å². The lowest BCUT2D eigenvalue weighted by Crippen LogP contribution is -2.37. The second-order valence-electron chi connectivity index (χ2n) is 7.47. The Morgan fingerprint density at radius 3 is 2.38 bits per heavy atom. The Morgan fingerprint density at radius 2 is 1.88 bits per heavy atom. The fraction of sp³-hybridized carbons (Fsp3) is 0.526. The zero-order valence-corrected chi connectivity index (χ0v) is 16.9. The number of rotatable bonds is 6. The Kier molecular flexibility index (Phi) is 5.27. The van der Waals surface area contributed by atoms with Crippen LogP contribution in [0.2, 0.25) is 0 Å². The van der Waals surface area contributed by atoms with E-state index in [1.54, 1.807) is 0 Å². The first-order valence-electron chi connectivity index (χ1n) is 9.11. The van der Waals surface area contributed by atoms with Crippen molar-refractivity contribution in [2.75, 3.05) is 10.2 Å². The minimum absolute atomic E-state index is 0.112. The van der Waals surface area contributed by atoms with Crippen LogP contribution in [0.15, 0.2) is 23.4 Å². The molecule has 2 aromatic rings. The van der Waals surface area contributed by atoms with Crippen molar-refractivity contribution in [3.8, 4) is 11.4 Å². The van der Waals surface area contributed by atoms with E-state index >= 15 is 0 Å². The summed E-state index contributed by atoms with van der Waals surface area (Å²) in [6.45, 7) is 8.67. The van der Waals surface area contributed by atoms with Crippen LogP contribution in [0.25, 0.3) is 11.4 Å². The van der Waals surface area contributed by atoms with Crippen LogP contribution in [0, 0.1) is 5.92 Å². The quantitative estimate of drug-likeness (QED) is 0.757. The SMILES string of the molecule is CC(C)N(c1cc(NC(=O)C2CC2)ccc1-c1nnc(S)n1C)C(C)C. The van der Waals surface area contributed by atoms with Gasteiger partial charge in [0, 0.05) is 36.3 Å². The summed E-state index contributed by atoms with van der Waals surface area (Å²) in [6.07, 6.45) is 1.98. The van der Waals surface area contributed by atoms with E-state index in [0.717, 1.165) is 35.6 Å². The molecule has 1 aromatic carbocycles. The molecule has 0 aliphatic heterocycles. The van der Waals surface area contributed by atoms with Crippen molar-refractivity contribution in [1.82, 2.24) is 14.8 Å². The van der Waals surface area contributed by atoms with Crippen LogP contribution >= 0.6 is 12.6 Å². The van der Waals surface area contributed by atoms with Crippen molar-refractivity contribution in [1.29, 1.82) is 0 Å². The molecule has 1 amide bonds. The van der Waals surface area contributed by atoms with E-state index in [1.165, 1.54) is 0 Å². The minimum Gasteiger partial charge on any atom is -0.366 e. The number of thiol groups is 1. The number of nitrogens with zero attached hydrogens (tertiary/aromatic N) is 4. The van der Waals surface area contributed by atoms with Crippen LogP contribution in [0.3, 0.4) is 0 Å². The molecule has 1 aromatic heterocycles. The summed E-state index contributed by atoms with van der Waals surface area (Å²) in [5.74, 6) is 1.05. The minimum atomic E-state index is 0.112. The zero-order chi connectivity index (χ0) is 19.0. The monoisotopic (exact) mass is 373 g/mol. The third kappa shape index (κ3) is 3.72. The average molecular weight is 374 g/mol. The van der Waals surface area contributed by atoms with E-state index in [9.17, 15) is 4.79 Å². The van der Waals surface area contributed by atoms with E-state index in [1.807, 2.05) is 29.8 Å². The highest BCUT2D eigenvalue weighted by atomic mass is 32.1. The smallest absolute Gasteiger partial charge is 0.227 e. The summed E-state index contributed by atoms with van der Waals surface area (Å²) in [7, 11) is 1.90. The molecule has 1 aliphatic carbocycles. The van der Waals surface area contributed by atoms with Crippen molar-refractivity contribution in [2.45, 2.75) is 57.8 Å². The second-order valence-corrected chi connectivity index (χ2v) is 7.87. The van der Waals surface area contributed by atoms with E-state index in [2.05, 4.69) is 60.7 Å². The van der Waals surface area contributed by atoms with Gasteiger partial charge in [0.15, 0.2) is 11.0 Å². The number of hydrogen-bond donors (Lipinski definition) is 2. The summed E-state index contributed by atoms with van der Waals surface area (Å²) in [4.78, 5) is 14.5. The summed E-state index contributed by atoms with van der Waals surface area (Å²) in [5.41, 5.74) is 2.83. The maximum atomic E-state index is 12.2. The predicted octanol–water partition coefficient (Wildman–Crippen LogP) is 3.74. The Morgan fingerprint density at radius 1 is 1.23 bits per heavy atom. The van der Waals surface area contributed by atoms with Gasteiger partial charge in [0.2, 0.25) is 5.91 Å². The number of nitrogens with one attached hydrogen (secondary N) is 1. The molecule has 1 heterocycles. The summed E-state index contributed by atoms with van der Waals surface area (Å²) >= 11 is 4.35. The topological polar surface area (TPSA) is 63.1 Å². The molecule has 6 nitrogen and oxygen atoms in total. The Balaban J connectivity index is 2.07. The van der Waals surface area contributed by atoms with Gasteiger partial charge in [-0.25, -0.2) is 0 Å². The van der Waals surface area contributed by atoms with Gasteiger partial charge in [-0.3, -0.25) is 4.79 Å². The van der Waals surface area contributed by atoms with Gasteiger partial charge in [-0.05, 0) is 58.7 Å². The average Bonchev–Trinajstić information content (AvgIpc) is 3.35. The largest absolute Gasteiger partial charge is 0.366 e. The second kappa shape index (κ2) is 7.31. The summed E-state index contributed by atoms with van der Waals surface area (Å²) < 4.78 is 1.86. The molecule has 1 saturated carbocycles. The molecule has 1 aliphatic rings. The van der Waals surface area contributed by atoms with E-state index in [0.29, 0.717) is 17.2 Å². The molecule has 0 radical (unpaired) electrons. The molecule has 140 valence electrons. The first-order valence-corrected chi connectivity index (χ1v) is 9.56. The molecule has 0 atom stereocenters. The maximum absolute atomic E-state index is 12.2. The van der Waals surface area contributed by atoms with Crippen molar-refractivity contribution in [3.63, 3.8) is 0 Å². The van der Waals surface area contributed by atoms with Crippen molar-refractivity contribution < 1.29 is 4.79 Å². The highest BCUT2D eigenvalue weighted by Gasteiger charge is 2.30. The molecule has 26 heavy (non-hydrogen) atoms. The third-order valence-corrected chi connectivity index (χ3v) is 5.09. The van der Waals surface area contributed by atoms with Crippen LogP contribution in [0.1, 0.15) is 40.5 Å². The molecular weight excluding hydrogens is 346 g/mol. The van der Waals surface area contributed by atoms with Gasteiger partial charge in [0.1, 0.15) is 0 Å². The standard InChI is InChI=1S/C19H27N5OS/c1-11(2)24(12(3)4)16-10-14(20-18(25)13-6-7-13)8-9-15(16)17-21-22-19(26)23(17)5/h8-13H,6-7H2,1-5H3,(H,20,25)(H,22,26). The van der Waals surface area contributed by atoms with Gasteiger partial charge in [0.05, 0.1) is 5.69 Å². The molecule has 0 bridgehead atoms. The van der Waals surface area contributed by atoms with Crippen LogP contribution in [0.5, 0.6) is 0 Å². The molecular formula is C19H27N5OS. The van der Waals surface area contributed by atoms with Crippen molar-refractivity contribution >= 4 is 29.9 Å². The molecule has 0 unspecified atom stereocenters. The molecule has 0 saturated heterocycles. The zero-order valence-electron chi connectivity index (χ0n) is 16.0. The van der Waals surface area contributed by atoms with E-state index in [4.69, 9.17) is 0 Å². The first-order chi connectivity index (χ1) is 12.3. The van der Waals surface area contributed by atoms with Crippen molar-refractivity contribution in [3.05, 3.63) is 18.2 Å². The molecule has 0 spiro atoms. The molecule has 1 fully saturated rings. The van der Waals surface area contributed by atoms with Gasteiger partial charge in [-0.15, -0.1) is 22.8 Å². The van der Waals surface area contributed by atoms with Gasteiger partial charge < -0.3 is 14.8 Å². The van der Waals surface area contributed by atoms with Crippen LogP contribution in [-0.4, -0.2) is 32.8 Å². The number of benzene rings is 1. The number of amides is 1. The maximum Gasteiger partial charge on any atom is 0.227 e. The highest BCUT2D eigenvalue weighted by molar-refractivity contribution is 7.80. The normalized spacial score (nSPS) is 14.2. The fourth-order valence-electron chi connectivity index (χ4n) is 3.31. The molecule has 3 rings (SSSR count). The molecule has 1 N–H and O–H groups in total. The number of aromatic nitrogens is 3. The number of carbonyl (C=O) groups excluding carboxylic acids is 1. The number of anilines is 2. The fourth-order valence-corrected chi connectivity index (χ4v) is 3.45. The van der Waals surface area contributed by atoms with Crippen LogP contribution in [-0.2, 0) is 11.8 Å². The lowest BCUT2D eigenvalue weighted by Gasteiger charge is -2.35. The van der Waals surface area contributed by atoms with Crippen LogP contribution < -0.4 is 10.2 Å². The lowest BCUT2D eigenvalue weighted by molar-refractivity contribution is -0.117.